The van der Waals surface area contributed by atoms with E-state index >= 15 is 0 Å². The van der Waals surface area contributed by atoms with Crippen LogP contribution in [-0.2, 0) is 4.74 Å². The monoisotopic (exact) mass is 392 g/mol. The van der Waals surface area contributed by atoms with Crippen LogP contribution in [0, 0.1) is 13.8 Å². The smallest absolute Gasteiger partial charge is 0.340 e. The van der Waals surface area contributed by atoms with Crippen molar-refractivity contribution >= 4 is 23.5 Å². The Morgan fingerprint density at radius 1 is 1.19 bits per heavy atom. The average molecular weight is 393 g/mol. The highest BCUT2D eigenvalue weighted by Crippen LogP contribution is 2.21. The molecule has 6 nitrogen and oxygen atoms in total. The fourth-order valence-electron chi connectivity index (χ4n) is 2.67. The first-order valence-electron chi connectivity index (χ1n) is 8.74. The van der Waals surface area contributed by atoms with Crippen molar-refractivity contribution in [2.24, 2.45) is 0 Å². The maximum atomic E-state index is 12.7. The van der Waals surface area contributed by atoms with Gasteiger partial charge in [-0.25, -0.2) is 4.79 Å². The van der Waals surface area contributed by atoms with Crippen LogP contribution in [-0.4, -0.2) is 48.1 Å². The van der Waals surface area contributed by atoms with E-state index in [0.29, 0.717) is 46.4 Å². The number of nitrogens with one attached hydrogen (secondary N) is 1. The molecule has 0 radical (unpaired) electrons. The van der Waals surface area contributed by atoms with Gasteiger partial charge >= 0.3 is 5.97 Å². The van der Waals surface area contributed by atoms with Crippen LogP contribution < -0.4 is 4.74 Å². The molecule has 1 N–H and O–H groups in total. The van der Waals surface area contributed by atoms with Crippen LogP contribution in [0.3, 0.4) is 0 Å². The number of aromatic amines is 1. The molecular formula is C20H25ClN2O4. The minimum absolute atomic E-state index is 0.209. The minimum atomic E-state index is -0.427. The van der Waals surface area contributed by atoms with Crippen LogP contribution >= 0.6 is 11.6 Å². The second kappa shape index (κ2) is 8.95. The van der Waals surface area contributed by atoms with E-state index in [1.165, 1.54) is 0 Å². The van der Waals surface area contributed by atoms with Crippen molar-refractivity contribution in [3.05, 3.63) is 51.8 Å². The summed E-state index contributed by atoms with van der Waals surface area (Å²) in [4.78, 5) is 29.6. The number of hydrogen-bond donors (Lipinski definition) is 1. The number of amides is 1. The van der Waals surface area contributed by atoms with Gasteiger partial charge in [-0.05, 0) is 57.5 Å². The number of hydrogen-bond acceptors (Lipinski definition) is 4. The Balaban J connectivity index is 2.01. The van der Waals surface area contributed by atoms with Crippen molar-refractivity contribution in [3.8, 4) is 5.75 Å². The van der Waals surface area contributed by atoms with Gasteiger partial charge in [-0.15, -0.1) is 0 Å². The molecule has 0 saturated carbocycles. The summed E-state index contributed by atoms with van der Waals surface area (Å²) in [6, 6.07) is 7.04. The molecule has 1 heterocycles. The molecule has 0 aliphatic rings. The van der Waals surface area contributed by atoms with Crippen LogP contribution in [0.5, 0.6) is 5.75 Å². The fraction of sp³-hybridized carbons (Fsp3) is 0.400. The second-order valence-electron chi connectivity index (χ2n) is 6.61. The maximum Gasteiger partial charge on any atom is 0.340 e. The predicted octanol–water partition coefficient (Wildman–Crippen LogP) is 4.00. The molecule has 2 rings (SSSR count). The molecule has 27 heavy (non-hydrogen) atoms. The zero-order chi connectivity index (χ0) is 20.1. The van der Waals surface area contributed by atoms with Crippen molar-refractivity contribution in [1.29, 1.82) is 0 Å². The lowest BCUT2D eigenvalue weighted by molar-refractivity contribution is 0.0376. The number of benzene rings is 1. The number of carbonyl (C=O) groups is 2. The van der Waals surface area contributed by atoms with Crippen LogP contribution in [0.4, 0.5) is 0 Å². The molecule has 0 saturated heterocycles. The van der Waals surface area contributed by atoms with E-state index in [1.807, 2.05) is 0 Å². The highest BCUT2D eigenvalue weighted by molar-refractivity contribution is 6.30. The van der Waals surface area contributed by atoms with Crippen molar-refractivity contribution in [3.63, 3.8) is 0 Å². The third kappa shape index (κ3) is 5.26. The molecular weight excluding hydrogens is 368 g/mol. The SMILES string of the molecule is Cc1[nH]c(C(=O)N(C)CCOc2ccc(Cl)cc2)c(C)c1C(=O)OC(C)C. The number of aromatic nitrogens is 1. The number of esters is 1. The molecule has 2 aromatic rings. The van der Waals surface area contributed by atoms with Gasteiger partial charge in [0.15, 0.2) is 0 Å². The van der Waals surface area contributed by atoms with Gasteiger partial charge in [0, 0.05) is 17.8 Å². The van der Waals surface area contributed by atoms with E-state index < -0.39 is 5.97 Å². The van der Waals surface area contributed by atoms with E-state index in [4.69, 9.17) is 21.1 Å². The standard InChI is InChI=1S/C20H25ClN2O4/c1-12(2)27-20(25)17-13(3)18(22-14(17)4)19(24)23(5)10-11-26-16-8-6-15(21)7-9-16/h6-9,12,22H,10-11H2,1-5H3. The van der Waals surface area contributed by atoms with E-state index in [0.717, 1.165) is 0 Å². The lowest BCUT2D eigenvalue weighted by atomic mass is 10.1. The fourth-order valence-corrected chi connectivity index (χ4v) is 2.79. The summed E-state index contributed by atoms with van der Waals surface area (Å²) in [7, 11) is 1.69. The normalized spacial score (nSPS) is 10.8. The molecule has 0 aliphatic carbocycles. The van der Waals surface area contributed by atoms with Crippen molar-refractivity contribution in [1.82, 2.24) is 9.88 Å². The van der Waals surface area contributed by atoms with Gasteiger partial charge in [0.05, 0.1) is 18.2 Å². The van der Waals surface area contributed by atoms with Crippen LogP contribution in [0.25, 0.3) is 0 Å². The van der Waals surface area contributed by atoms with Crippen LogP contribution in [0.1, 0.15) is 46.0 Å². The topological polar surface area (TPSA) is 71.6 Å². The summed E-state index contributed by atoms with van der Waals surface area (Å²) in [5.41, 5.74) is 2.01. The van der Waals surface area contributed by atoms with Crippen LogP contribution in [0.15, 0.2) is 24.3 Å². The molecule has 1 aromatic heterocycles. The molecule has 7 heteroatoms. The van der Waals surface area contributed by atoms with Crippen LogP contribution in [0.2, 0.25) is 5.02 Å². The number of aryl methyl sites for hydroxylation is 1. The number of ether oxygens (including phenoxy) is 2. The summed E-state index contributed by atoms with van der Waals surface area (Å²) in [5, 5.41) is 0.638. The molecule has 0 atom stereocenters. The summed E-state index contributed by atoms with van der Waals surface area (Å²) in [6.45, 7) is 7.80. The summed E-state index contributed by atoms with van der Waals surface area (Å²) >= 11 is 5.84. The second-order valence-corrected chi connectivity index (χ2v) is 7.04. The van der Waals surface area contributed by atoms with Crippen molar-refractivity contribution in [2.45, 2.75) is 33.8 Å². The third-order valence-corrected chi connectivity index (χ3v) is 4.31. The lowest BCUT2D eigenvalue weighted by Crippen LogP contribution is -2.31. The van der Waals surface area contributed by atoms with Gasteiger partial charge in [-0.1, -0.05) is 11.6 Å². The number of halogens is 1. The Kier molecular flexibility index (Phi) is 6.91. The highest BCUT2D eigenvalue weighted by atomic mass is 35.5. The van der Waals surface area contributed by atoms with E-state index in [-0.39, 0.29) is 12.0 Å². The first-order chi connectivity index (χ1) is 12.7. The summed E-state index contributed by atoms with van der Waals surface area (Å²) < 4.78 is 10.9. The maximum absolute atomic E-state index is 12.7. The Bertz CT molecular complexity index is 812. The Morgan fingerprint density at radius 2 is 1.81 bits per heavy atom. The summed E-state index contributed by atoms with van der Waals surface area (Å²) in [5.74, 6) is 0.0498. The first kappa shape index (κ1) is 20.8. The average Bonchev–Trinajstić information content (AvgIpc) is 2.89. The largest absolute Gasteiger partial charge is 0.492 e. The molecule has 0 fully saturated rings. The van der Waals surface area contributed by atoms with Gasteiger partial charge in [0.1, 0.15) is 18.1 Å². The third-order valence-electron chi connectivity index (χ3n) is 4.05. The quantitative estimate of drug-likeness (QED) is 0.723. The number of H-pyrrole nitrogens is 1. The predicted molar refractivity (Wildman–Crippen MR) is 105 cm³/mol. The molecule has 146 valence electrons. The van der Waals surface area contributed by atoms with Gasteiger partial charge in [-0.3, -0.25) is 4.79 Å². The number of carbonyl (C=O) groups excluding carboxylic acids is 2. The number of likely N-dealkylation sites (N-methyl/N-ethyl adjacent to an activating group) is 1. The van der Waals surface area contributed by atoms with Gasteiger partial charge < -0.3 is 19.4 Å². The zero-order valence-corrected chi connectivity index (χ0v) is 17.0. The zero-order valence-electron chi connectivity index (χ0n) is 16.3. The Hall–Kier alpha value is -2.47. The van der Waals surface area contributed by atoms with E-state index in [1.54, 1.807) is 63.9 Å². The molecule has 0 aliphatic heterocycles. The molecule has 0 unspecified atom stereocenters. The van der Waals surface area contributed by atoms with Crippen molar-refractivity contribution < 1.29 is 19.1 Å². The van der Waals surface area contributed by atoms with Crippen molar-refractivity contribution in [2.75, 3.05) is 20.2 Å². The first-order valence-corrected chi connectivity index (χ1v) is 9.12. The summed E-state index contributed by atoms with van der Waals surface area (Å²) in [6.07, 6.45) is -0.224. The number of nitrogens with zero attached hydrogens (tertiary/aromatic N) is 1. The minimum Gasteiger partial charge on any atom is -0.492 e. The molecule has 1 amide bonds. The highest BCUT2D eigenvalue weighted by Gasteiger charge is 2.25. The van der Waals surface area contributed by atoms with Gasteiger partial charge in [-0.2, -0.15) is 0 Å². The Labute approximate surface area is 164 Å². The lowest BCUT2D eigenvalue weighted by Gasteiger charge is -2.17. The molecule has 0 bridgehead atoms. The molecule has 1 aromatic carbocycles. The van der Waals surface area contributed by atoms with E-state index in [9.17, 15) is 9.59 Å². The Morgan fingerprint density at radius 3 is 2.41 bits per heavy atom. The number of rotatable bonds is 7. The van der Waals surface area contributed by atoms with E-state index in [2.05, 4.69) is 4.98 Å². The van der Waals surface area contributed by atoms with Gasteiger partial charge in [0.25, 0.3) is 5.91 Å². The van der Waals surface area contributed by atoms with Gasteiger partial charge in [0.2, 0.25) is 0 Å². The molecule has 0 spiro atoms.